The number of aromatic nitrogens is 1. The number of halogens is 3. The second kappa shape index (κ2) is 7.38. The number of fused-ring (bicyclic) bond motifs is 2. The highest BCUT2D eigenvalue weighted by Gasteiger charge is 2.35. The Labute approximate surface area is 173 Å². The number of nitrogens with zero attached hydrogens (tertiary/aromatic N) is 1. The van der Waals surface area contributed by atoms with E-state index < -0.39 is 33.0 Å². The average Bonchev–Trinajstić information content (AvgIpc) is 3.27. The van der Waals surface area contributed by atoms with Crippen molar-refractivity contribution in [1.29, 1.82) is 0 Å². The number of carboxylic acid groups (broad SMARTS) is 1. The number of aliphatic carboxylic acids is 1. The lowest BCUT2D eigenvalue weighted by Gasteiger charge is -2.14. The predicted molar refractivity (Wildman–Crippen MR) is 99.7 cm³/mol. The summed E-state index contributed by atoms with van der Waals surface area (Å²) in [4.78, 5) is 10.3. The van der Waals surface area contributed by atoms with Crippen LogP contribution in [-0.2, 0) is 21.2 Å². The number of rotatable bonds is 6. The van der Waals surface area contributed by atoms with Gasteiger partial charge in [0.25, 0.3) is 10.0 Å². The maximum atomic E-state index is 13.3. The molecule has 0 bridgehead atoms. The van der Waals surface area contributed by atoms with Gasteiger partial charge in [0.2, 0.25) is 6.79 Å². The van der Waals surface area contributed by atoms with E-state index in [1.165, 1.54) is 30.5 Å². The van der Waals surface area contributed by atoms with E-state index in [1.54, 1.807) is 0 Å². The largest absolute Gasteiger partial charge is 0.573 e. The molecule has 0 spiro atoms. The Hall–Kier alpha value is -3.41. The van der Waals surface area contributed by atoms with Crippen LogP contribution < -0.4 is 14.2 Å². The second-order valence-corrected chi connectivity index (χ2v) is 8.35. The molecular formula is C19H14F3NO7S. The smallest absolute Gasteiger partial charge is 0.481 e. The molecule has 0 fully saturated rings. The zero-order valence-electron chi connectivity index (χ0n) is 15.5. The van der Waals surface area contributed by atoms with Crippen molar-refractivity contribution in [2.24, 2.45) is 0 Å². The summed E-state index contributed by atoms with van der Waals surface area (Å²) in [5.74, 6) is -1.37. The van der Waals surface area contributed by atoms with E-state index >= 15 is 0 Å². The fourth-order valence-corrected chi connectivity index (χ4v) is 4.77. The SMILES string of the molecule is O=C(O)CCc1cn(S(=O)(=O)c2ccccc2OC(F)(F)F)c2cc3c(cc12)OCO3. The standard InChI is InChI=1S/C19H14F3NO7S/c20-19(21,22)30-14-3-1-2-4-17(14)31(26,27)23-9-11(5-6-18(24)25)12-7-15-16(8-13(12)23)29-10-28-15/h1-4,7-9H,5-6,10H2,(H,24,25). The Bertz CT molecular complexity index is 1280. The lowest BCUT2D eigenvalue weighted by molar-refractivity contribution is -0.275. The van der Waals surface area contributed by atoms with Gasteiger partial charge in [-0.3, -0.25) is 4.79 Å². The van der Waals surface area contributed by atoms with Gasteiger partial charge < -0.3 is 19.3 Å². The maximum absolute atomic E-state index is 13.3. The van der Waals surface area contributed by atoms with Crippen LogP contribution in [0.25, 0.3) is 10.9 Å². The van der Waals surface area contributed by atoms with Crippen molar-refractivity contribution < 1.29 is 45.7 Å². The number of benzene rings is 2. The minimum atomic E-state index is -5.09. The number of aryl methyl sites for hydroxylation is 1. The highest BCUT2D eigenvalue weighted by atomic mass is 32.2. The number of carbonyl (C=O) groups is 1. The molecule has 8 nitrogen and oxygen atoms in total. The van der Waals surface area contributed by atoms with Crippen molar-refractivity contribution in [1.82, 2.24) is 3.97 Å². The third-order valence-electron chi connectivity index (χ3n) is 4.57. The molecule has 12 heteroatoms. The summed E-state index contributed by atoms with van der Waals surface area (Å²) in [5.41, 5.74) is 0.472. The molecule has 164 valence electrons. The number of carboxylic acids is 1. The number of ether oxygens (including phenoxy) is 3. The molecule has 0 saturated heterocycles. The molecule has 0 aliphatic carbocycles. The number of para-hydroxylation sites is 1. The third-order valence-corrected chi connectivity index (χ3v) is 6.28. The quantitative estimate of drug-likeness (QED) is 0.604. The van der Waals surface area contributed by atoms with Crippen LogP contribution in [0.2, 0.25) is 0 Å². The predicted octanol–water partition coefficient (Wildman–Crippen LogP) is 3.52. The summed E-state index contributed by atoms with van der Waals surface area (Å²) in [6.07, 6.45) is -4.19. The number of hydrogen-bond donors (Lipinski definition) is 1. The molecule has 1 N–H and O–H groups in total. The van der Waals surface area contributed by atoms with Crippen molar-refractivity contribution in [3.05, 3.63) is 48.2 Å². The Morgan fingerprint density at radius 2 is 1.84 bits per heavy atom. The summed E-state index contributed by atoms with van der Waals surface area (Å²) in [6, 6.07) is 7.26. The molecule has 1 aliphatic heterocycles. The summed E-state index contributed by atoms with van der Waals surface area (Å²) in [6.45, 7) is -0.0819. The fraction of sp³-hybridized carbons (Fsp3) is 0.211. The number of hydrogen-bond acceptors (Lipinski definition) is 6. The van der Waals surface area contributed by atoms with Crippen molar-refractivity contribution in [3.63, 3.8) is 0 Å². The molecule has 0 atom stereocenters. The topological polar surface area (TPSA) is 104 Å². The van der Waals surface area contributed by atoms with Crippen molar-refractivity contribution >= 4 is 26.9 Å². The lowest BCUT2D eigenvalue weighted by Crippen LogP contribution is -2.20. The van der Waals surface area contributed by atoms with Gasteiger partial charge in [-0.15, -0.1) is 13.2 Å². The zero-order chi connectivity index (χ0) is 22.4. The van der Waals surface area contributed by atoms with Crippen LogP contribution >= 0.6 is 0 Å². The van der Waals surface area contributed by atoms with Crippen molar-refractivity contribution in [2.75, 3.05) is 6.79 Å². The van der Waals surface area contributed by atoms with Gasteiger partial charge in [0.15, 0.2) is 11.5 Å². The first-order valence-corrected chi connectivity index (χ1v) is 10.3. The minimum Gasteiger partial charge on any atom is -0.481 e. The van der Waals surface area contributed by atoms with Crippen LogP contribution in [0.15, 0.2) is 47.5 Å². The van der Waals surface area contributed by atoms with E-state index in [2.05, 4.69) is 4.74 Å². The monoisotopic (exact) mass is 457 g/mol. The summed E-state index contributed by atoms with van der Waals surface area (Å²) in [5, 5.41) is 9.38. The van der Waals surface area contributed by atoms with E-state index in [4.69, 9.17) is 14.6 Å². The van der Waals surface area contributed by atoms with Crippen LogP contribution in [0.1, 0.15) is 12.0 Å². The van der Waals surface area contributed by atoms with Gasteiger partial charge in [-0.25, -0.2) is 12.4 Å². The van der Waals surface area contributed by atoms with Crippen LogP contribution in [0.5, 0.6) is 17.2 Å². The molecule has 2 heterocycles. The van der Waals surface area contributed by atoms with Crippen LogP contribution in [-0.4, -0.2) is 36.6 Å². The molecule has 0 radical (unpaired) electrons. The number of alkyl halides is 3. The molecular weight excluding hydrogens is 443 g/mol. The van der Waals surface area contributed by atoms with E-state index in [0.717, 1.165) is 16.1 Å². The molecule has 0 unspecified atom stereocenters. The summed E-state index contributed by atoms with van der Waals surface area (Å²) in [7, 11) is -4.56. The van der Waals surface area contributed by atoms with Crippen LogP contribution in [0.4, 0.5) is 13.2 Å². The van der Waals surface area contributed by atoms with Crippen molar-refractivity contribution in [2.45, 2.75) is 24.1 Å². The van der Waals surface area contributed by atoms with Gasteiger partial charge in [-0.1, -0.05) is 12.1 Å². The molecule has 0 amide bonds. The third kappa shape index (κ3) is 3.98. The van der Waals surface area contributed by atoms with Gasteiger partial charge in [-0.2, -0.15) is 0 Å². The van der Waals surface area contributed by atoms with Crippen molar-refractivity contribution in [3.8, 4) is 17.2 Å². The highest BCUT2D eigenvalue weighted by molar-refractivity contribution is 7.90. The molecule has 3 aromatic rings. The molecule has 0 saturated carbocycles. The second-order valence-electron chi connectivity index (χ2n) is 6.57. The van der Waals surface area contributed by atoms with Gasteiger partial charge in [0.05, 0.1) is 5.52 Å². The molecule has 31 heavy (non-hydrogen) atoms. The van der Waals surface area contributed by atoms with E-state index in [1.807, 2.05) is 0 Å². The Kier molecular flexibility index (Phi) is 4.96. The Morgan fingerprint density at radius 3 is 2.52 bits per heavy atom. The first-order valence-electron chi connectivity index (χ1n) is 8.82. The average molecular weight is 457 g/mol. The molecule has 1 aliphatic rings. The molecule has 1 aromatic heterocycles. The lowest BCUT2D eigenvalue weighted by atomic mass is 10.1. The normalized spacial score (nSPS) is 13.5. The Balaban J connectivity index is 1.90. The van der Waals surface area contributed by atoms with Gasteiger partial charge in [0.1, 0.15) is 10.6 Å². The van der Waals surface area contributed by atoms with E-state index in [-0.39, 0.29) is 30.9 Å². The van der Waals surface area contributed by atoms with Crippen LogP contribution in [0.3, 0.4) is 0 Å². The Morgan fingerprint density at radius 1 is 1.16 bits per heavy atom. The maximum Gasteiger partial charge on any atom is 0.573 e. The van der Waals surface area contributed by atoms with E-state index in [0.29, 0.717) is 16.7 Å². The molecule has 2 aromatic carbocycles. The van der Waals surface area contributed by atoms with Gasteiger partial charge in [-0.05, 0) is 30.2 Å². The van der Waals surface area contributed by atoms with Crippen LogP contribution in [0, 0.1) is 0 Å². The fourth-order valence-electron chi connectivity index (χ4n) is 3.27. The minimum absolute atomic E-state index is 0.00526. The van der Waals surface area contributed by atoms with Gasteiger partial charge >= 0.3 is 12.3 Å². The molecule has 4 rings (SSSR count). The van der Waals surface area contributed by atoms with Gasteiger partial charge in [0, 0.05) is 24.1 Å². The highest BCUT2D eigenvalue weighted by Crippen LogP contribution is 2.40. The first kappa shape index (κ1) is 20.8. The first-order chi connectivity index (χ1) is 14.6. The zero-order valence-corrected chi connectivity index (χ0v) is 16.4. The van der Waals surface area contributed by atoms with E-state index in [9.17, 15) is 26.4 Å². The summed E-state index contributed by atoms with van der Waals surface area (Å²) >= 11 is 0. The summed E-state index contributed by atoms with van der Waals surface area (Å²) < 4.78 is 80.3.